The van der Waals surface area contributed by atoms with Gasteiger partial charge in [-0.3, -0.25) is 4.79 Å². The molecule has 1 atom stereocenters. The van der Waals surface area contributed by atoms with Crippen molar-refractivity contribution in [3.63, 3.8) is 0 Å². The maximum absolute atomic E-state index is 11.9. The number of methoxy groups -OCH3 is 1. The summed E-state index contributed by atoms with van der Waals surface area (Å²) in [6, 6.07) is 5.79. The van der Waals surface area contributed by atoms with Gasteiger partial charge in [0.2, 0.25) is 0 Å². The molecule has 0 amide bonds. The number of ketones is 1. The fourth-order valence-electron chi connectivity index (χ4n) is 1.36. The number of hydrogen-bond acceptors (Lipinski definition) is 3. The number of benzene rings is 1. The smallest absolute Gasteiger partial charge is 0.387 e. The van der Waals surface area contributed by atoms with E-state index in [-0.39, 0.29) is 11.5 Å². The molecule has 0 heterocycles. The Hall–Kier alpha value is -1.49. The molecule has 1 aromatic carbocycles. The molecule has 0 spiro atoms. The number of carbonyl (C=O) groups is 1. The zero-order valence-corrected chi connectivity index (χ0v) is 8.94. The van der Waals surface area contributed by atoms with Crippen molar-refractivity contribution in [2.75, 3.05) is 7.11 Å². The fourth-order valence-corrected chi connectivity index (χ4v) is 1.36. The first-order valence-corrected chi connectivity index (χ1v) is 4.62. The van der Waals surface area contributed by atoms with Crippen molar-refractivity contribution in [3.05, 3.63) is 29.8 Å². The Labute approximate surface area is 92.0 Å². The monoisotopic (exact) mass is 230 g/mol. The van der Waals surface area contributed by atoms with Crippen LogP contribution in [-0.4, -0.2) is 19.5 Å². The van der Waals surface area contributed by atoms with Gasteiger partial charge in [-0.2, -0.15) is 8.78 Å². The summed E-state index contributed by atoms with van der Waals surface area (Å²) >= 11 is 0. The van der Waals surface area contributed by atoms with E-state index in [1.54, 1.807) is 0 Å². The van der Waals surface area contributed by atoms with Crippen LogP contribution in [0.15, 0.2) is 24.3 Å². The SMILES string of the molecule is COC(C(C)=O)c1ccc(OC(F)F)cc1. The Balaban J connectivity index is 2.81. The standard InChI is InChI=1S/C11H12F2O3/c1-7(14)10(15-2)8-3-5-9(6-4-8)16-11(12)13/h3-6,10-11H,1-2H3. The molecule has 0 saturated heterocycles. The van der Waals surface area contributed by atoms with E-state index in [1.807, 2.05) is 0 Å². The minimum Gasteiger partial charge on any atom is -0.435 e. The third-order valence-electron chi connectivity index (χ3n) is 2.01. The summed E-state index contributed by atoms with van der Waals surface area (Å²) in [5.41, 5.74) is 0.608. The second kappa shape index (κ2) is 5.55. The molecule has 1 unspecified atom stereocenters. The van der Waals surface area contributed by atoms with E-state index >= 15 is 0 Å². The van der Waals surface area contributed by atoms with Crippen molar-refractivity contribution in [3.8, 4) is 5.75 Å². The molecular formula is C11H12F2O3. The minimum absolute atomic E-state index is 0.0529. The molecule has 1 aromatic rings. The van der Waals surface area contributed by atoms with Gasteiger partial charge in [0.1, 0.15) is 11.9 Å². The van der Waals surface area contributed by atoms with Gasteiger partial charge in [0.15, 0.2) is 5.78 Å². The van der Waals surface area contributed by atoms with Crippen LogP contribution in [0.1, 0.15) is 18.6 Å². The number of alkyl halides is 2. The van der Waals surface area contributed by atoms with Crippen molar-refractivity contribution in [2.24, 2.45) is 0 Å². The summed E-state index contributed by atoms with van der Waals surface area (Å²) < 4.78 is 32.9. The van der Waals surface area contributed by atoms with E-state index in [9.17, 15) is 13.6 Å². The highest BCUT2D eigenvalue weighted by Gasteiger charge is 2.15. The van der Waals surface area contributed by atoms with E-state index in [4.69, 9.17) is 4.74 Å². The molecule has 0 aromatic heterocycles. The molecule has 0 aliphatic carbocycles. The molecule has 16 heavy (non-hydrogen) atoms. The van der Waals surface area contributed by atoms with Gasteiger partial charge in [-0.1, -0.05) is 12.1 Å². The van der Waals surface area contributed by atoms with Crippen LogP contribution in [0, 0.1) is 0 Å². The van der Waals surface area contributed by atoms with Crippen molar-refractivity contribution in [1.82, 2.24) is 0 Å². The van der Waals surface area contributed by atoms with Crippen LogP contribution in [0.5, 0.6) is 5.75 Å². The van der Waals surface area contributed by atoms with Crippen molar-refractivity contribution in [2.45, 2.75) is 19.6 Å². The first-order chi connectivity index (χ1) is 7.54. The van der Waals surface area contributed by atoms with Gasteiger partial charge in [0.25, 0.3) is 0 Å². The molecule has 0 radical (unpaired) electrons. The molecular weight excluding hydrogens is 218 g/mol. The molecule has 3 nitrogen and oxygen atoms in total. The Morgan fingerprint density at radius 2 is 1.81 bits per heavy atom. The van der Waals surface area contributed by atoms with Gasteiger partial charge in [-0.25, -0.2) is 0 Å². The van der Waals surface area contributed by atoms with Crippen LogP contribution in [-0.2, 0) is 9.53 Å². The van der Waals surface area contributed by atoms with Crippen LogP contribution in [0.25, 0.3) is 0 Å². The Bertz CT molecular complexity index is 349. The summed E-state index contributed by atoms with van der Waals surface area (Å²) in [6.45, 7) is -1.45. The van der Waals surface area contributed by atoms with E-state index in [0.717, 1.165) is 0 Å². The summed E-state index contributed by atoms with van der Waals surface area (Å²) in [4.78, 5) is 11.2. The Morgan fingerprint density at radius 3 is 2.19 bits per heavy atom. The molecule has 0 saturated carbocycles. The molecule has 88 valence electrons. The topological polar surface area (TPSA) is 35.5 Å². The van der Waals surface area contributed by atoms with Gasteiger partial charge >= 0.3 is 6.61 Å². The van der Waals surface area contributed by atoms with E-state index < -0.39 is 12.7 Å². The summed E-state index contributed by atoms with van der Waals surface area (Å²) in [6.07, 6.45) is -0.666. The maximum atomic E-state index is 11.9. The maximum Gasteiger partial charge on any atom is 0.387 e. The molecule has 0 fully saturated rings. The summed E-state index contributed by atoms with van der Waals surface area (Å²) in [5, 5.41) is 0. The van der Waals surface area contributed by atoms with Crippen molar-refractivity contribution >= 4 is 5.78 Å². The predicted molar refractivity (Wildman–Crippen MR) is 53.5 cm³/mol. The first-order valence-electron chi connectivity index (χ1n) is 4.62. The van der Waals surface area contributed by atoms with Gasteiger partial charge in [-0.15, -0.1) is 0 Å². The lowest BCUT2D eigenvalue weighted by Gasteiger charge is -2.12. The zero-order chi connectivity index (χ0) is 12.1. The molecule has 5 heteroatoms. The number of halogens is 2. The molecule has 0 aliphatic heterocycles. The first kappa shape index (κ1) is 12.6. The third-order valence-corrected chi connectivity index (χ3v) is 2.01. The van der Waals surface area contributed by atoms with Gasteiger partial charge in [0.05, 0.1) is 0 Å². The average Bonchev–Trinajstić information content (AvgIpc) is 2.20. The van der Waals surface area contributed by atoms with Gasteiger partial charge in [0, 0.05) is 7.11 Å². The Morgan fingerprint density at radius 1 is 1.25 bits per heavy atom. The number of hydrogen-bond donors (Lipinski definition) is 0. The van der Waals surface area contributed by atoms with Gasteiger partial charge in [-0.05, 0) is 24.6 Å². The highest BCUT2D eigenvalue weighted by Crippen LogP contribution is 2.21. The quantitative estimate of drug-likeness (QED) is 0.779. The number of ether oxygens (including phenoxy) is 2. The Kier molecular flexibility index (Phi) is 4.37. The summed E-state index contributed by atoms with van der Waals surface area (Å²) in [7, 11) is 1.41. The summed E-state index contributed by atoms with van der Waals surface area (Å²) in [5.74, 6) is -0.0952. The van der Waals surface area contributed by atoms with Crippen LogP contribution in [0.2, 0.25) is 0 Å². The largest absolute Gasteiger partial charge is 0.435 e. The predicted octanol–water partition coefficient (Wildman–Crippen LogP) is 2.56. The van der Waals surface area contributed by atoms with Crippen LogP contribution in [0.4, 0.5) is 8.78 Å². The van der Waals surface area contributed by atoms with Crippen molar-refractivity contribution < 1.29 is 23.0 Å². The fraction of sp³-hybridized carbons (Fsp3) is 0.364. The normalized spacial score (nSPS) is 12.6. The van der Waals surface area contributed by atoms with Crippen LogP contribution >= 0.6 is 0 Å². The lowest BCUT2D eigenvalue weighted by Crippen LogP contribution is -2.10. The van der Waals surface area contributed by atoms with Gasteiger partial charge < -0.3 is 9.47 Å². The molecule has 0 aliphatic rings. The average molecular weight is 230 g/mol. The lowest BCUT2D eigenvalue weighted by molar-refractivity contribution is -0.126. The van der Waals surface area contributed by atoms with E-state index in [0.29, 0.717) is 5.56 Å². The second-order valence-corrected chi connectivity index (χ2v) is 3.17. The molecule has 0 N–H and O–H groups in total. The third kappa shape index (κ3) is 3.27. The second-order valence-electron chi connectivity index (χ2n) is 3.17. The number of Topliss-reactive ketones (excluding diaryl/α,β-unsaturated/α-hetero) is 1. The highest BCUT2D eigenvalue weighted by molar-refractivity contribution is 5.81. The zero-order valence-electron chi connectivity index (χ0n) is 8.94. The van der Waals surface area contributed by atoms with Crippen LogP contribution < -0.4 is 4.74 Å². The molecule has 1 rings (SSSR count). The van der Waals surface area contributed by atoms with E-state index in [1.165, 1.54) is 38.3 Å². The highest BCUT2D eigenvalue weighted by atomic mass is 19.3. The lowest BCUT2D eigenvalue weighted by atomic mass is 10.1. The number of rotatable bonds is 5. The number of carbonyl (C=O) groups excluding carboxylic acids is 1. The molecule has 0 bridgehead atoms. The van der Waals surface area contributed by atoms with Crippen LogP contribution in [0.3, 0.4) is 0 Å². The minimum atomic E-state index is -2.85. The van der Waals surface area contributed by atoms with E-state index in [2.05, 4.69) is 4.74 Å². The van der Waals surface area contributed by atoms with Crippen molar-refractivity contribution in [1.29, 1.82) is 0 Å².